The van der Waals surface area contributed by atoms with Crippen LogP contribution in [0.2, 0.25) is 0 Å². The van der Waals surface area contributed by atoms with Gasteiger partial charge in [-0.25, -0.2) is 0 Å². The van der Waals surface area contributed by atoms with Gasteiger partial charge in [0.2, 0.25) is 6.79 Å². The molecule has 0 amide bonds. The van der Waals surface area contributed by atoms with Crippen LogP contribution in [0.25, 0.3) is 0 Å². The van der Waals surface area contributed by atoms with Crippen LogP contribution in [0.5, 0.6) is 11.5 Å². The van der Waals surface area contributed by atoms with Gasteiger partial charge in [-0.3, -0.25) is 4.90 Å². The number of ether oxygens (including phenoxy) is 2. The fraction of sp³-hybridized carbons (Fsp3) is 0.571. The van der Waals surface area contributed by atoms with Crippen LogP contribution < -0.4 is 15.2 Å². The Morgan fingerprint density at radius 2 is 2.11 bits per heavy atom. The number of nitrogens with zero attached hydrogens (tertiary/aromatic N) is 1. The van der Waals surface area contributed by atoms with Gasteiger partial charge in [0.25, 0.3) is 0 Å². The van der Waals surface area contributed by atoms with Crippen molar-refractivity contribution in [3.63, 3.8) is 0 Å². The molecular formula is C14H20N2O2. The van der Waals surface area contributed by atoms with Crippen LogP contribution in [0, 0.1) is 5.92 Å². The van der Waals surface area contributed by atoms with Crippen molar-refractivity contribution in [3.05, 3.63) is 23.8 Å². The number of fused-ring (bicyclic) bond motifs is 1. The van der Waals surface area contributed by atoms with E-state index in [1.54, 1.807) is 0 Å². The molecule has 1 atom stereocenters. The number of hydrogen-bond acceptors (Lipinski definition) is 4. The molecule has 0 aromatic heterocycles. The van der Waals surface area contributed by atoms with E-state index in [9.17, 15) is 0 Å². The van der Waals surface area contributed by atoms with Gasteiger partial charge in [-0.2, -0.15) is 0 Å². The van der Waals surface area contributed by atoms with Gasteiger partial charge >= 0.3 is 0 Å². The zero-order valence-electron chi connectivity index (χ0n) is 10.8. The first-order chi connectivity index (χ1) is 8.78. The van der Waals surface area contributed by atoms with Gasteiger partial charge in [0.15, 0.2) is 11.5 Å². The fourth-order valence-electron chi connectivity index (χ4n) is 2.66. The normalized spacial score (nSPS) is 19.3. The van der Waals surface area contributed by atoms with Crippen LogP contribution in [0.1, 0.15) is 18.4 Å². The molecule has 0 bridgehead atoms. The van der Waals surface area contributed by atoms with E-state index in [1.807, 2.05) is 6.07 Å². The minimum absolute atomic E-state index is 0.335. The molecule has 0 radical (unpaired) electrons. The summed E-state index contributed by atoms with van der Waals surface area (Å²) in [7, 11) is 2.15. The van der Waals surface area contributed by atoms with Gasteiger partial charge in [0.05, 0.1) is 0 Å². The standard InChI is InChI=1S/C14H20N2O2/c1-16(12(7-15)11-3-4-11)8-10-2-5-13-14(6-10)18-9-17-13/h2,5-6,11-12H,3-4,7-9,15H2,1H3. The summed E-state index contributed by atoms with van der Waals surface area (Å²) in [5.41, 5.74) is 7.12. The van der Waals surface area contributed by atoms with E-state index in [-0.39, 0.29) is 0 Å². The molecule has 1 saturated carbocycles. The van der Waals surface area contributed by atoms with Crippen molar-refractivity contribution in [1.29, 1.82) is 0 Å². The molecule has 98 valence electrons. The number of likely N-dealkylation sites (N-methyl/N-ethyl adjacent to an activating group) is 1. The molecule has 1 heterocycles. The highest BCUT2D eigenvalue weighted by Crippen LogP contribution is 2.36. The Labute approximate surface area is 108 Å². The first-order valence-electron chi connectivity index (χ1n) is 6.57. The highest BCUT2D eigenvalue weighted by molar-refractivity contribution is 5.44. The molecule has 1 aliphatic carbocycles. The second-order valence-corrected chi connectivity index (χ2v) is 5.24. The Hall–Kier alpha value is -1.26. The Kier molecular flexibility index (Phi) is 3.14. The number of hydrogen-bond donors (Lipinski definition) is 1. The van der Waals surface area contributed by atoms with Crippen LogP contribution >= 0.6 is 0 Å². The van der Waals surface area contributed by atoms with Crippen molar-refractivity contribution < 1.29 is 9.47 Å². The predicted octanol–water partition coefficient (Wildman–Crippen LogP) is 1.58. The van der Waals surface area contributed by atoms with Crippen LogP contribution in [0.15, 0.2) is 18.2 Å². The van der Waals surface area contributed by atoms with Crippen molar-refractivity contribution >= 4 is 0 Å². The lowest BCUT2D eigenvalue weighted by Crippen LogP contribution is -2.39. The third-order valence-corrected chi connectivity index (χ3v) is 3.84. The molecule has 4 nitrogen and oxygen atoms in total. The molecule has 4 heteroatoms. The summed E-state index contributed by atoms with van der Waals surface area (Å²) in [6.07, 6.45) is 2.65. The van der Waals surface area contributed by atoms with Gasteiger partial charge < -0.3 is 15.2 Å². The summed E-state index contributed by atoms with van der Waals surface area (Å²) in [4.78, 5) is 2.36. The molecule has 2 aliphatic rings. The first-order valence-corrected chi connectivity index (χ1v) is 6.57. The Morgan fingerprint density at radius 1 is 1.33 bits per heavy atom. The summed E-state index contributed by atoms with van der Waals surface area (Å²) < 4.78 is 10.7. The molecule has 0 saturated heterocycles. The van der Waals surface area contributed by atoms with Crippen molar-refractivity contribution in [1.82, 2.24) is 4.90 Å². The monoisotopic (exact) mass is 248 g/mol. The van der Waals surface area contributed by atoms with Crippen LogP contribution in [0.4, 0.5) is 0 Å². The molecule has 3 rings (SSSR count). The molecule has 1 aliphatic heterocycles. The zero-order chi connectivity index (χ0) is 12.5. The van der Waals surface area contributed by atoms with E-state index in [0.29, 0.717) is 12.8 Å². The number of benzene rings is 1. The van der Waals surface area contributed by atoms with E-state index < -0.39 is 0 Å². The van der Waals surface area contributed by atoms with Crippen LogP contribution in [-0.2, 0) is 6.54 Å². The predicted molar refractivity (Wildman–Crippen MR) is 69.6 cm³/mol. The van der Waals surface area contributed by atoms with Crippen LogP contribution in [-0.4, -0.2) is 31.3 Å². The van der Waals surface area contributed by atoms with Gasteiger partial charge in [-0.05, 0) is 43.5 Å². The van der Waals surface area contributed by atoms with Crippen molar-refractivity contribution in [2.24, 2.45) is 11.7 Å². The smallest absolute Gasteiger partial charge is 0.231 e. The van der Waals surface area contributed by atoms with E-state index in [4.69, 9.17) is 15.2 Å². The Balaban J connectivity index is 1.68. The number of rotatable bonds is 5. The van der Waals surface area contributed by atoms with E-state index in [1.165, 1.54) is 18.4 Å². The lowest BCUT2D eigenvalue weighted by atomic mass is 10.1. The SMILES string of the molecule is CN(Cc1ccc2c(c1)OCO2)C(CN)C1CC1. The second-order valence-electron chi connectivity index (χ2n) is 5.24. The fourth-order valence-corrected chi connectivity index (χ4v) is 2.66. The topological polar surface area (TPSA) is 47.7 Å². The average Bonchev–Trinajstić information content (AvgIpc) is 3.08. The van der Waals surface area contributed by atoms with Crippen molar-refractivity contribution in [2.75, 3.05) is 20.4 Å². The van der Waals surface area contributed by atoms with Crippen LogP contribution in [0.3, 0.4) is 0 Å². The Bertz CT molecular complexity index is 432. The quantitative estimate of drug-likeness (QED) is 0.859. The maximum atomic E-state index is 5.87. The van der Waals surface area contributed by atoms with Crippen molar-refractivity contribution in [2.45, 2.75) is 25.4 Å². The summed E-state index contributed by atoms with van der Waals surface area (Å²) in [5.74, 6) is 2.50. The van der Waals surface area contributed by atoms with E-state index in [0.717, 1.165) is 30.5 Å². The zero-order valence-corrected chi connectivity index (χ0v) is 10.8. The maximum Gasteiger partial charge on any atom is 0.231 e. The minimum Gasteiger partial charge on any atom is -0.454 e. The molecule has 1 aromatic carbocycles. The van der Waals surface area contributed by atoms with E-state index >= 15 is 0 Å². The second kappa shape index (κ2) is 4.78. The molecule has 1 fully saturated rings. The Morgan fingerprint density at radius 3 is 2.83 bits per heavy atom. The van der Waals surface area contributed by atoms with Gasteiger partial charge in [-0.15, -0.1) is 0 Å². The average molecular weight is 248 g/mol. The summed E-state index contributed by atoms with van der Waals surface area (Å²) >= 11 is 0. The molecule has 2 N–H and O–H groups in total. The number of nitrogens with two attached hydrogens (primary N) is 1. The first kappa shape index (κ1) is 11.8. The summed E-state index contributed by atoms with van der Waals surface area (Å²) in [5, 5.41) is 0. The van der Waals surface area contributed by atoms with Gasteiger partial charge in [-0.1, -0.05) is 6.07 Å². The maximum absolute atomic E-state index is 5.87. The summed E-state index contributed by atoms with van der Waals surface area (Å²) in [6, 6.07) is 6.67. The third-order valence-electron chi connectivity index (χ3n) is 3.84. The third kappa shape index (κ3) is 2.31. The van der Waals surface area contributed by atoms with Gasteiger partial charge in [0.1, 0.15) is 0 Å². The van der Waals surface area contributed by atoms with Gasteiger partial charge in [0, 0.05) is 19.1 Å². The largest absolute Gasteiger partial charge is 0.454 e. The lowest BCUT2D eigenvalue weighted by Gasteiger charge is -2.27. The molecule has 0 spiro atoms. The summed E-state index contributed by atoms with van der Waals surface area (Å²) in [6.45, 7) is 1.99. The molecule has 18 heavy (non-hydrogen) atoms. The van der Waals surface area contributed by atoms with Crippen molar-refractivity contribution in [3.8, 4) is 11.5 Å². The highest BCUT2D eigenvalue weighted by atomic mass is 16.7. The molecule has 1 unspecified atom stereocenters. The molecule has 1 aromatic rings. The molecular weight excluding hydrogens is 228 g/mol. The highest BCUT2D eigenvalue weighted by Gasteiger charge is 2.32. The lowest BCUT2D eigenvalue weighted by molar-refractivity contribution is 0.173. The van der Waals surface area contributed by atoms with E-state index in [2.05, 4.69) is 24.1 Å². The minimum atomic E-state index is 0.335.